The molecule has 90 valence electrons. The van der Waals surface area contributed by atoms with Crippen LogP contribution in [0.3, 0.4) is 0 Å². The smallest absolute Gasteiger partial charge is 0.348 e. The van der Waals surface area contributed by atoms with E-state index in [1.807, 2.05) is 6.07 Å². The number of ether oxygens (including phenoxy) is 1. The standard InChI is InChI=1S/C10H9ClN2O3S/c1-5-6(4-12)9(13-7(14)3-11)17-8(5)10(15)16-2/h3H2,1-2H3,(H,13,14). The minimum atomic E-state index is -0.532. The van der Waals surface area contributed by atoms with Crippen LogP contribution >= 0.6 is 22.9 Å². The van der Waals surface area contributed by atoms with Crippen molar-refractivity contribution in [3.05, 3.63) is 16.0 Å². The van der Waals surface area contributed by atoms with E-state index in [1.165, 1.54) is 7.11 Å². The fraction of sp³-hybridized carbons (Fsp3) is 0.300. The van der Waals surface area contributed by atoms with Crippen LogP contribution < -0.4 is 5.32 Å². The molecule has 0 fully saturated rings. The van der Waals surface area contributed by atoms with Crippen molar-refractivity contribution in [2.75, 3.05) is 18.3 Å². The number of halogens is 1. The first-order chi connectivity index (χ1) is 8.04. The van der Waals surface area contributed by atoms with Crippen molar-refractivity contribution in [1.82, 2.24) is 0 Å². The molecule has 1 rings (SSSR count). The van der Waals surface area contributed by atoms with Crippen molar-refractivity contribution in [2.24, 2.45) is 0 Å². The Labute approximate surface area is 107 Å². The highest BCUT2D eigenvalue weighted by Gasteiger charge is 2.21. The summed E-state index contributed by atoms with van der Waals surface area (Å²) in [7, 11) is 1.25. The zero-order valence-corrected chi connectivity index (χ0v) is 10.7. The van der Waals surface area contributed by atoms with Crippen molar-refractivity contribution < 1.29 is 14.3 Å². The molecule has 0 aliphatic rings. The Hall–Kier alpha value is -1.58. The number of nitriles is 1. The Bertz CT molecular complexity index is 504. The Morgan fingerprint density at radius 2 is 2.24 bits per heavy atom. The van der Waals surface area contributed by atoms with E-state index in [-0.39, 0.29) is 11.4 Å². The predicted octanol–water partition coefficient (Wildman–Crippen LogP) is 1.89. The molecule has 0 saturated carbocycles. The number of carbonyl (C=O) groups is 2. The third-order valence-corrected chi connectivity index (χ3v) is 3.43. The van der Waals surface area contributed by atoms with Gasteiger partial charge >= 0.3 is 5.97 Å². The van der Waals surface area contributed by atoms with Gasteiger partial charge in [0.15, 0.2) is 0 Å². The Balaban J connectivity index is 3.19. The lowest BCUT2D eigenvalue weighted by molar-refractivity contribution is -0.113. The second kappa shape index (κ2) is 5.66. The zero-order valence-electron chi connectivity index (χ0n) is 9.17. The molecule has 0 radical (unpaired) electrons. The number of rotatable bonds is 3. The molecule has 0 aliphatic heterocycles. The van der Waals surface area contributed by atoms with Crippen molar-refractivity contribution in [3.63, 3.8) is 0 Å². The van der Waals surface area contributed by atoms with Crippen LogP contribution in [0.25, 0.3) is 0 Å². The van der Waals surface area contributed by atoms with Gasteiger partial charge in [0.1, 0.15) is 21.8 Å². The summed E-state index contributed by atoms with van der Waals surface area (Å²) in [5, 5.41) is 11.8. The van der Waals surface area contributed by atoms with Crippen LogP contribution in [0, 0.1) is 18.3 Å². The van der Waals surface area contributed by atoms with Gasteiger partial charge in [0, 0.05) is 0 Å². The summed E-state index contributed by atoms with van der Waals surface area (Å²) < 4.78 is 4.58. The van der Waals surface area contributed by atoms with Crippen molar-refractivity contribution in [3.8, 4) is 6.07 Å². The number of carbonyl (C=O) groups excluding carboxylic acids is 2. The largest absolute Gasteiger partial charge is 0.465 e. The first-order valence-corrected chi connectivity index (χ1v) is 5.87. The molecule has 7 heteroatoms. The van der Waals surface area contributed by atoms with E-state index in [1.54, 1.807) is 6.92 Å². The number of thiophene rings is 1. The van der Waals surface area contributed by atoms with Crippen LogP contribution in [0.5, 0.6) is 0 Å². The number of nitrogens with zero attached hydrogens (tertiary/aromatic N) is 1. The summed E-state index contributed by atoms with van der Waals surface area (Å²) in [6, 6.07) is 1.94. The summed E-state index contributed by atoms with van der Waals surface area (Å²) in [5.41, 5.74) is 0.753. The molecule has 1 aromatic heterocycles. The van der Waals surface area contributed by atoms with Gasteiger partial charge in [0.25, 0.3) is 0 Å². The summed E-state index contributed by atoms with van der Waals surface area (Å²) in [6.45, 7) is 1.62. The van der Waals surface area contributed by atoms with Crippen LogP contribution in [0.1, 0.15) is 20.8 Å². The van der Waals surface area contributed by atoms with Crippen molar-refractivity contribution in [1.29, 1.82) is 5.26 Å². The molecular formula is C10H9ClN2O3S. The van der Waals surface area contributed by atoms with E-state index in [2.05, 4.69) is 10.1 Å². The average Bonchev–Trinajstić information content (AvgIpc) is 2.64. The van der Waals surface area contributed by atoms with E-state index >= 15 is 0 Å². The molecule has 1 amide bonds. The van der Waals surface area contributed by atoms with Crippen LogP contribution in [0.4, 0.5) is 5.00 Å². The molecular weight excluding hydrogens is 264 g/mol. The van der Waals surface area contributed by atoms with Gasteiger partial charge in [-0.3, -0.25) is 4.79 Å². The average molecular weight is 273 g/mol. The molecule has 1 heterocycles. The number of anilines is 1. The summed E-state index contributed by atoms with van der Waals surface area (Å²) in [4.78, 5) is 22.9. The molecule has 0 saturated heterocycles. The first-order valence-electron chi connectivity index (χ1n) is 4.52. The minimum Gasteiger partial charge on any atom is -0.465 e. The van der Waals surface area contributed by atoms with Gasteiger partial charge in [-0.15, -0.1) is 22.9 Å². The van der Waals surface area contributed by atoms with Gasteiger partial charge < -0.3 is 10.1 Å². The maximum atomic E-state index is 11.4. The monoisotopic (exact) mass is 272 g/mol. The third-order valence-electron chi connectivity index (χ3n) is 2.00. The molecule has 17 heavy (non-hydrogen) atoms. The number of hydrogen-bond donors (Lipinski definition) is 1. The van der Waals surface area contributed by atoms with Crippen molar-refractivity contribution in [2.45, 2.75) is 6.92 Å². The highest BCUT2D eigenvalue weighted by Crippen LogP contribution is 2.32. The lowest BCUT2D eigenvalue weighted by atomic mass is 10.2. The number of alkyl halides is 1. The maximum absolute atomic E-state index is 11.4. The molecule has 0 atom stereocenters. The second-order valence-corrected chi connectivity index (χ2v) is 4.33. The minimum absolute atomic E-state index is 0.213. The molecule has 0 unspecified atom stereocenters. The lowest BCUT2D eigenvalue weighted by Crippen LogP contribution is -2.12. The van der Waals surface area contributed by atoms with Gasteiger partial charge in [0.2, 0.25) is 5.91 Å². The van der Waals surface area contributed by atoms with E-state index < -0.39 is 11.9 Å². The van der Waals surface area contributed by atoms with Gasteiger partial charge in [0.05, 0.1) is 12.7 Å². The molecule has 5 nitrogen and oxygen atoms in total. The number of methoxy groups -OCH3 is 1. The highest BCUT2D eigenvalue weighted by atomic mass is 35.5. The van der Waals surface area contributed by atoms with E-state index in [4.69, 9.17) is 16.9 Å². The number of nitrogens with one attached hydrogen (secondary N) is 1. The molecule has 0 spiro atoms. The fourth-order valence-electron chi connectivity index (χ4n) is 1.18. The molecule has 0 aliphatic carbocycles. The third kappa shape index (κ3) is 2.75. The molecule has 1 aromatic rings. The zero-order chi connectivity index (χ0) is 13.0. The Morgan fingerprint density at radius 1 is 1.59 bits per heavy atom. The Morgan fingerprint density at radius 3 is 2.71 bits per heavy atom. The first kappa shape index (κ1) is 13.5. The number of hydrogen-bond acceptors (Lipinski definition) is 5. The van der Waals surface area contributed by atoms with E-state index in [0.717, 1.165) is 11.3 Å². The summed E-state index contributed by atoms with van der Waals surface area (Å²) in [5.74, 6) is -1.17. The predicted molar refractivity (Wildman–Crippen MR) is 64.5 cm³/mol. The lowest BCUT2D eigenvalue weighted by Gasteiger charge is -1.98. The molecule has 0 aromatic carbocycles. The fourth-order valence-corrected chi connectivity index (χ4v) is 2.34. The molecule has 0 bridgehead atoms. The summed E-state index contributed by atoms with van der Waals surface area (Å²) >= 11 is 6.35. The van der Waals surface area contributed by atoms with Gasteiger partial charge in [-0.25, -0.2) is 4.79 Å². The number of amides is 1. The number of esters is 1. The van der Waals surface area contributed by atoms with Crippen LogP contribution in [0.15, 0.2) is 0 Å². The quantitative estimate of drug-likeness (QED) is 0.673. The van der Waals surface area contributed by atoms with E-state index in [9.17, 15) is 9.59 Å². The van der Waals surface area contributed by atoms with Gasteiger partial charge in [-0.1, -0.05) is 0 Å². The molecule has 1 N–H and O–H groups in total. The van der Waals surface area contributed by atoms with Crippen LogP contribution in [-0.4, -0.2) is 24.9 Å². The van der Waals surface area contributed by atoms with Crippen molar-refractivity contribution >= 4 is 39.8 Å². The van der Waals surface area contributed by atoms with Gasteiger partial charge in [-0.05, 0) is 12.5 Å². The highest BCUT2D eigenvalue weighted by molar-refractivity contribution is 7.18. The maximum Gasteiger partial charge on any atom is 0.348 e. The SMILES string of the molecule is COC(=O)c1sc(NC(=O)CCl)c(C#N)c1C. The van der Waals surface area contributed by atoms with Gasteiger partial charge in [-0.2, -0.15) is 5.26 Å². The van der Waals surface area contributed by atoms with E-state index in [0.29, 0.717) is 15.4 Å². The summed E-state index contributed by atoms with van der Waals surface area (Å²) in [6.07, 6.45) is 0. The Kier molecular flexibility index (Phi) is 4.49. The topological polar surface area (TPSA) is 79.2 Å². The van der Waals surface area contributed by atoms with Crippen LogP contribution in [0.2, 0.25) is 0 Å². The van der Waals surface area contributed by atoms with Crippen LogP contribution in [-0.2, 0) is 9.53 Å². The normalized spacial score (nSPS) is 9.53. The second-order valence-electron chi connectivity index (χ2n) is 3.05.